The minimum atomic E-state index is -0.593. The summed E-state index contributed by atoms with van der Waals surface area (Å²) in [5.41, 5.74) is -0.877. The van der Waals surface area contributed by atoms with Crippen LogP contribution in [0.2, 0.25) is 0 Å². The molecule has 0 saturated heterocycles. The van der Waals surface area contributed by atoms with E-state index in [1.807, 2.05) is 0 Å². The summed E-state index contributed by atoms with van der Waals surface area (Å²) in [6, 6.07) is 1.65. The zero-order chi connectivity index (χ0) is 11.4. The van der Waals surface area contributed by atoms with E-state index in [1.165, 1.54) is 12.2 Å². The molecule has 4 heteroatoms. The Morgan fingerprint density at radius 3 is 2.73 bits per heavy atom. The van der Waals surface area contributed by atoms with E-state index < -0.39 is 5.56 Å². The molecule has 2 N–H and O–H groups in total. The molecule has 0 spiro atoms. The Morgan fingerprint density at radius 2 is 2.27 bits per heavy atom. The fourth-order valence-electron chi connectivity index (χ4n) is 1.24. The second-order valence-corrected chi connectivity index (χ2v) is 2.81. The number of aromatic hydroxyl groups is 1. The van der Waals surface area contributed by atoms with Gasteiger partial charge in [0.1, 0.15) is 11.8 Å². The van der Waals surface area contributed by atoms with Gasteiger partial charge in [-0.3, -0.25) is 4.79 Å². The lowest BCUT2D eigenvalue weighted by Gasteiger charge is -1.97. The minimum Gasteiger partial charge on any atom is -0.506 e. The molecular formula is C11H10N2O2. The first-order valence-electron chi connectivity index (χ1n) is 4.30. The maximum absolute atomic E-state index is 11.3. The van der Waals surface area contributed by atoms with Gasteiger partial charge >= 0.3 is 0 Å². The number of allylic oxidation sites excluding steroid dienone is 1. The van der Waals surface area contributed by atoms with Crippen molar-refractivity contribution in [2.75, 3.05) is 0 Å². The van der Waals surface area contributed by atoms with E-state index in [9.17, 15) is 9.90 Å². The Morgan fingerprint density at radius 1 is 1.60 bits per heavy atom. The largest absolute Gasteiger partial charge is 0.506 e. The van der Waals surface area contributed by atoms with E-state index in [1.54, 1.807) is 19.1 Å². The molecule has 1 heterocycles. The highest BCUT2D eigenvalue weighted by Gasteiger charge is 2.07. The molecule has 76 valence electrons. The molecule has 15 heavy (non-hydrogen) atoms. The van der Waals surface area contributed by atoms with Crippen LogP contribution in [0.1, 0.15) is 12.5 Å². The molecule has 0 aliphatic heterocycles. The van der Waals surface area contributed by atoms with Crippen molar-refractivity contribution < 1.29 is 5.11 Å². The number of aromatic amines is 1. The van der Waals surface area contributed by atoms with Crippen LogP contribution in [0.5, 0.6) is 5.75 Å². The van der Waals surface area contributed by atoms with Gasteiger partial charge in [0, 0.05) is 10.6 Å². The number of nitrogens with zero attached hydrogens (tertiary/aromatic N) is 1. The van der Waals surface area contributed by atoms with Crippen molar-refractivity contribution in [3.05, 3.63) is 39.1 Å². The lowest BCUT2D eigenvalue weighted by atomic mass is 10.2. The number of pyridine rings is 1. The third-order valence-corrected chi connectivity index (χ3v) is 1.94. The fourth-order valence-corrected chi connectivity index (χ4v) is 1.24. The lowest BCUT2D eigenvalue weighted by molar-refractivity contribution is 0.466. The zero-order valence-electron chi connectivity index (χ0n) is 8.24. The Bertz CT molecular complexity index is 603. The average Bonchev–Trinajstić information content (AvgIpc) is 2.22. The average molecular weight is 202 g/mol. The molecule has 0 aliphatic carbocycles. The summed E-state index contributed by atoms with van der Waals surface area (Å²) >= 11 is 0. The standard InChI is InChI=1S/C11H10N2O2/c1-3-5-7-9(4-2)13-11(15)8(6-12)10(7)14/h3-5,14H,1H2,2H3,(H,13,15)/b7-5+,9-4+. The number of hydrogen-bond acceptors (Lipinski definition) is 3. The molecule has 0 atom stereocenters. The molecule has 4 nitrogen and oxygen atoms in total. The van der Waals surface area contributed by atoms with Crippen molar-refractivity contribution in [1.29, 1.82) is 5.26 Å². The number of rotatable bonds is 1. The second kappa shape index (κ2) is 4.29. The molecule has 1 aromatic rings. The molecule has 0 aliphatic rings. The summed E-state index contributed by atoms with van der Waals surface area (Å²) in [6.07, 6.45) is 4.64. The fraction of sp³-hybridized carbons (Fsp3) is 0.0909. The lowest BCUT2D eigenvalue weighted by Crippen LogP contribution is -2.35. The van der Waals surface area contributed by atoms with Crippen LogP contribution in [0.15, 0.2) is 17.4 Å². The second-order valence-electron chi connectivity index (χ2n) is 2.81. The predicted octanol–water partition coefficient (Wildman–Crippen LogP) is -0.281. The highest BCUT2D eigenvalue weighted by molar-refractivity contribution is 5.48. The third kappa shape index (κ3) is 1.81. The van der Waals surface area contributed by atoms with Crippen LogP contribution in [0.25, 0.3) is 12.2 Å². The number of H-pyrrole nitrogens is 1. The molecule has 0 saturated carbocycles. The quantitative estimate of drug-likeness (QED) is 0.657. The van der Waals surface area contributed by atoms with Crippen LogP contribution in [0.4, 0.5) is 0 Å². The maximum atomic E-state index is 11.3. The van der Waals surface area contributed by atoms with E-state index >= 15 is 0 Å². The van der Waals surface area contributed by atoms with Gasteiger partial charge in [0.2, 0.25) is 0 Å². The van der Waals surface area contributed by atoms with Crippen molar-refractivity contribution in [2.45, 2.75) is 6.92 Å². The van der Waals surface area contributed by atoms with Crippen LogP contribution in [0.3, 0.4) is 0 Å². The third-order valence-electron chi connectivity index (χ3n) is 1.94. The molecule has 0 fully saturated rings. The Labute approximate surface area is 86.1 Å². The smallest absolute Gasteiger partial charge is 0.270 e. The van der Waals surface area contributed by atoms with Gasteiger partial charge in [-0.05, 0) is 13.0 Å². The molecule has 1 aromatic heterocycles. The summed E-state index contributed by atoms with van der Waals surface area (Å²) in [7, 11) is 0. The zero-order valence-corrected chi connectivity index (χ0v) is 8.24. The molecular weight excluding hydrogens is 192 g/mol. The number of aromatic nitrogens is 1. The highest BCUT2D eigenvalue weighted by Crippen LogP contribution is 2.00. The molecule has 1 rings (SSSR count). The summed E-state index contributed by atoms with van der Waals surface area (Å²) in [5.74, 6) is -0.311. The van der Waals surface area contributed by atoms with Crippen LogP contribution < -0.4 is 16.1 Å². The van der Waals surface area contributed by atoms with Gasteiger partial charge in [0.05, 0.1) is 0 Å². The van der Waals surface area contributed by atoms with Crippen molar-refractivity contribution in [3.8, 4) is 11.8 Å². The molecule has 0 unspecified atom stereocenters. The number of hydrogen-bond donors (Lipinski definition) is 2. The van der Waals surface area contributed by atoms with E-state index in [-0.39, 0.29) is 11.3 Å². The van der Waals surface area contributed by atoms with Gasteiger partial charge in [-0.1, -0.05) is 18.7 Å². The topological polar surface area (TPSA) is 76.9 Å². The maximum Gasteiger partial charge on any atom is 0.270 e. The number of nitriles is 1. The normalized spacial score (nSPS) is 12.5. The van der Waals surface area contributed by atoms with Gasteiger partial charge in [-0.25, -0.2) is 0 Å². The van der Waals surface area contributed by atoms with Gasteiger partial charge in [-0.2, -0.15) is 5.26 Å². The van der Waals surface area contributed by atoms with Crippen LogP contribution in [-0.2, 0) is 0 Å². The van der Waals surface area contributed by atoms with Crippen LogP contribution in [0, 0.1) is 11.3 Å². The predicted molar refractivity (Wildman–Crippen MR) is 57.5 cm³/mol. The first-order chi connectivity index (χ1) is 7.15. The summed E-state index contributed by atoms with van der Waals surface area (Å²) < 4.78 is 0. The van der Waals surface area contributed by atoms with Gasteiger partial charge in [0.25, 0.3) is 5.56 Å². The van der Waals surface area contributed by atoms with E-state index in [0.29, 0.717) is 10.6 Å². The molecule has 0 amide bonds. The van der Waals surface area contributed by atoms with Crippen LogP contribution in [-0.4, -0.2) is 10.1 Å². The SMILES string of the molecule is C=C/C=c1/c(O)c(C#N)c(=O)[nH]/c1=C/C. The first-order valence-corrected chi connectivity index (χ1v) is 4.30. The monoisotopic (exact) mass is 202 g/mol. The van der Waals surface area contributed by atoms with Gasteiger partial charge in [-0.15, -0.1) is 0 Å². The van der Waals surface area contributed by atoms with E-state index in [2.05, 4.69) is 11.6 Å². The Balaban J connectivity index is 3.98. The Hall–Kier alpha value is -2.28. The molecule has 0 bridgehead atoms. The van der Waals surface area contributed by atoms with Crippen molar-refractivity contribution in [2.24, 2.45) is 0 Å². The Kier molecular flexibility index (Phi) is 3.09. The summed E-state index contributed by atoms with van der Waals surface area (Å²) in [4.78, 5) is 13.8. The minimum absolute atomic E-state index is 0.284. The number of nitrogens with one attached hydrogen (secondary N) is 1. The summed E-state index contributed by atoms with van der Waals surface area (Å²) in [5, 5.41) is 19.2. The first kappa shape index (κ1) is 10.8. The highest BCUT2D eigenvalue weighted by atomic mass is 16.3. The van der Waals surface area contributed by atoms with Crippen molar-refractivity contribution in [3.63, 3.8) is 0 Å². The van der Waals surface area contributed by atoms with Crippen molar-refractivity contribution in [1.82, 2.24) is 4.98 Å². The van der Waals surface area contributed by atoms with Crippen molar-refractivity contribution >= 4 is 12.2 Å². The van der Waals surface area contributed by atoms with Crippen LogP contribution >= 0.6 is 0 Å². The van der Waals surface area contributed by atoms with Gasteiger partial charge < -0.3 is 10.1 Å². The van der Waals surface area contributed by atoms with E-state index in [4.69, 9.17) is 5.26 Å². The molecule has 0 aromatic carbocycles. The van der Waals surface area contributed by atoms with Gasteiger partial charge in [0.15, 0.2) is 5.56 Å². The van der Waals surface area contributed by atoms with E-state index in [0.717, 1.165) is 0 Å². The summed E-state index contributed by atoms with van der Waals surface area (Å²) in [6.45, 7) is 5.21. The molecule has 0 radical (unpaired) electrons.